The summed E-state index contributed by atoms with van der Waals surface area (Å²) in [6, 6.07) is 5.44. The Balaban J connectivity index is 1.42. The van der Waals surface area contributed by atoms with Gasteiger partial charge in [-0.05, 0) is 68.2 Å². The van der Waals surface area contributed by atoms with Crippen LogP contribution in [0.15, 0.2) is 24.3 Å². The molecule has 4 aromatic rings. The summed E-state index contributed by atoms with van der Waals surface area (Å²) < 4.78 is 58.5. The van der Waals surface area contributed by atoms with Gasteiger partial charge in [-0.3, -0.25) is 4.90 Å². The number of aromatic hydroxyl groups is 1. The average molecular weight is 603 g/mol. The summed E-state index contributed by atoms with van der Waals surface area (Å²) in [6.45, 7) is 3.82. The number of alkyl halides is 1. The van der Waals surface area contributed by atoms with Crippen LogP contribution in [0, 0.1) is 29.9 Å². The number of hydrogen-bond acceptors (Lipinski definition) is 7. The molecule has 3 aliphatic heterocycles. The van der Waals surface area contributed by atoms with E-state index in [-0.39, 0.29) is 57.9 Å². The number of hydrogen-bond donors (Lipinski definition) is 1. The Bertz CT molecular complexity index is 1830. The minimum Gasteiger partial charge on any atom is -0.508 e. The molecule has 44 heavy (non-hydrogen) atoms. The van der Waals surface area contributed by atoms with E-state index in [9.17, 15) is 13.9 Å². The first kappa shape index (κ1) is 28.7. The van der Waals surface area contributed by atoms with E-state index in [1.807, 2.05) is 0 Å². The maximum atomic E-state index is 16.8. The van der Waals surface area contributed by atoms with Crippen molar-refractivity contribution in [1.82, 2.24) is 19.9 Å². The fourth-order valence-corrected chi connectivity index (χ4v) is 7.21. The van der Waals surface area contributed by atoms with Gasteiger partial charge in [0.05, 0.1) is 28.8 Å². The summed E-state index contributed by atoms with van der Waals surface area (Å²) in [7, 11) is 0. The molecule has 10 heteroatoms. The number of fused-ring (bicyclic) bond motifs is 2. The first-order valence-corrected chi connectivity index (χ1v) is 15.2. The van der Waals surface area contributed by atoms with Crippen LogP contribution in [0.2, 0.25) is 0 Å². The van der Waals surface area contributed by atoms with Crippen molar-refractivity contribution in [3.63, 3.8) is 0 Å². The number of nitrogens with zero attached hydrogens (tertiary/aromatic N) is 4. The van der Waals surface area contributed by atoms with Crippen LogP contribution in [0.3, 0.4) is 0 Å². The van der Waals surface area contributed by atoms with Gasteiger partial charge in [-0.2, -0.15) is 9.97 Å². The Kier molecular flexibility index (Phi) is 7.24. The molecule has 1 unspecified atom stereocenters. The van der Waals surface area contributed by atoms with Crippen molar-refractivity contribution in [2.24, 2.45) is 5.92 Å². The molecule has 0 radical (unpaired) electrons. The Morgan fingerprint density at radius 1 is 1.16 bits per heavy atom. The van der Waals surface area contributed by atoms with Gasteiger partial charge in [-0.15, -0.1) is 6.42 Å². The largest absolute Gasteiger partial charge is 0.508 e. The van der Waals surface area contributed by atoms with Crippen LogP contribution >= 0.6 is 0 Å². The van der Waals surface area contributed by atoms with Gasteiger partial charge in [0.2, 0.25) is 5.88 Å². The zero-order valence-electron chi connectivity index (χ0n) is 24.5. The summed E-state index contributed by atoms with van der Waals surface area (Å²) in [4.78, 5) is 16.0. The fraction of sp³-hybridized carbons (Fsp3) is 0.441. The number of halogens is 3. The highest BCUT2D eigenvalue weighted by molar-refractivity contribution is 6.03. The predicted molar refractivity (Wildman–Crippen MR) is 161 cm³/mol. The number of pyridine rings is 1. The summed E-state index contributed by atoms with van der Waals surface area (Å²) in [5.74, 6) is 1.15. The number of aryl methyl sites for hydroxylation is 1. The topological polar surface area (TPSA) is 80.6 Å². The molecular formula is C34H33F3N4O3. The molecule has 7 nitrogen and oxygen atoms in total. The third-order valence-corrected chi connectivity index (χ3v) is 9.35. The van der Waals surface area contributed by atoms with Gasteiger partial charge < -0.3 is 14.6 Å². The highest BCUT2D eigenvalue weighted by Gasteiger charge is 2.49. The molecule has 0 bridgehead atoms. The first-order chi connectivity index (χ1) is 21.3. The SMILES string of the molecule is C#Cc1c(F)ccc2cc(O)cc(-c3nc4c5c(nc(OC[C@@]67CCCN6CC(F)C7)nc5c3F)CCCC[C@H](C)CO4)c12. The summed E-state index contributed by atoms with van der Waals surface area (Å²) >= 11 is 0. The van der Waals surface area contributed by atoms with Gasteiger partial charge in [0.1, 0.15) is 35.6 Å². The molecule has 7 rings (SSSR count). The van der Waals surface area contributed by atoms with Crippen molar-refractivity contribution in [2.75, 3.05) is 26.3 Å². The van der Waals surface area contributed by atoms with E-state index in [0.29, 0.717) is 42.5 Å². The fourth-order valence-electron chi connectivity index (χ4n) is 7.21. The lowest BCUT2D eigenvalue weighted by Gasteiger charge is -2.30. The smallest absolute Gasteiger partial charge is 0.317 e. The zero-order valence-corrected chi connectivity index (χ0v) is 24.5. The minimum absolute atomic E-state index is 0.000383. The summed E-state index contributed by atoms with van der Waals surface area (Å²) in [6.07, 6.45) is 10.2. The van der Waals surface area contributed by atoms with Crippen LogP contribution in [0.25, 0.3) is 32.9 Å². The number of terminal acetylenes is 1. The quantitative estimate of drug-likeness (QED) is 0.267. The minimum atomic E-state index is -0.916. The van der Waals surface area contributed by atoms with Gasteiger partial charge in [-0.25, -0.2) is 18.2 Å². The lowest BCUT2D eigenvalue weighted by atomic mass is 9.95. The van der Waals surface area contributed by atoms with Crippen LogP contribution in [0.1, 0.15) is 56.7 Å². The molecule has 0 spiro atoms. The van der Waals surface area contributed by atoms with E-state index in [1.54, 1.807) is 0 Å². The number of aromatic nitrogens is 3. The van der Waals surface area contributed by atoms with E-state index in [4.69, 9.17) is 20.9 Å². The molecule has 2 saturated heterocycles. The van der Waals surface area contributed by atoms with E-state index >= 15 is 4.39 Å². The van der Waals surface area contributed by atoms with Crippen molar-refractivity contribution >= 4 is 21.7 Å². The van der Waals surface area contributed by atoms with Crippen molar-refractivity contribution in [3.8, 4) is 41.2 Å². The highest BCUT2D eigenvalue weighted by atomic mass is 19.1. The van der Waals surface area contributed by atoms with E-state index in [1.165, 1.54) is 24.3 Å². The number of rotatable bonds is 4. The van der Waals surface area contributed by atoms with Crippen molar-refractivity contribution in [1.29, 1.82) is 0 Å². The number of ether oxygens (including phenoxy) is 2. The van der Waals surface area contributed by atoms with E-state index in [2.05, 4.69) is 27.7 Å². The molecule has 3 atom stereocenters. The summed E-state index contributed by atoms with van der Waals surface area (Å²) in [5, 5.41) is 11.6. The highest BCUT2D eigenvalue weighted by Crippen LogP contribution is 2.42. The third-order valence-electron chi connectivity index (χ3n) is 9.35. The molecule has 2 fully saturated rings. The molecule has 0 amide bonds. The molecule has 228 valence electrons. The van der Waals surface area contributed by atoms with Crippen LogP contribution in [-0.2, 0) is 6.42 Å². The van der Waals surface area contributed by atoms with E-state index in [0.717, 1.165) is 38.6 Å². The second-order valence-electron chi connectivity index (χ2n) is 12.4. The second kappa shape index (κ2) is 11.1. The van der Waals surface area contributed by atoms with Gasteiger partial charge in [0.25, 0.3) is 0 Å². The Morgan fingerprint density at radius 3 is 2.86 bits per heavy atom. The van der Waals surface area contributed by atoms with Crippen molar-refractivity contribution < 1.29 is 27.8 Å². The maximum Gasteiger partial charge on any atom is 0.317 e. The van der Waals surface area contributed by atoms with Gasteiger partial charge in [0, 0.05) is 23.9 Å². The Hall–Kier alpha value is -4.10. The van der Waals surface area contributed by atoms with Gasteiger partial charge in [0.15, 0.2) is 5.82 Å². The van der Waals surface area contributed by atoms with Crippen molar-refractivity contribution in [2.45, 2.75) is 63.6 Å². The lowest BCUT2D eigenvalue weighted by Crippen LogP contribution is -2.43. The molecule has 2 aromatic heterocycles. The van der Waals surface area contributed by atoms with Crippen molar-refractivity contribution in [3.05, 3.63) is 47.2 Å². The molecule has 5 heterocycles. The predicted octanol–water partition coefficient (Wildman–Crippen LogP) is 6.51. The Labute approximate surface area is 253 Å². The number of phenols is 1. The summed E-state index contributed by atoms with van der Waals surface area (Å²) in [5.41, 5.74) is -0.0726. The van der Waals surface area contributed by atoms with Gasteiger partial charge >= 0.3 is 6.01 Å². The second-order valence-corrected chi connectivity index (χ2v) is 12.4. The third kappa shape index (κ3) is 4.87. The van der Waals surface area contributed by atoms with Crippen LogP contribution in [0.5, 0.6) is 17.6 Å². The molecule has 2 aromatic carbocycles. The zero-order chi connectivity index (χ0) is 30.6. The number of phenolic OH excluding ortho intramolecular Hbond substituents is 1. The average Bonchev–Trinajstić information content (AvgIpc) is 3.53. The molecule has 3 aliphatic rings. The molecular weight excluding hydrogens is 569 g/mol. The maximum absolute atomic E-state index is 16.8. The lowest BCUT2D eigenvalue weighted by molar-refractivity contribution is 0.107. The molecule has 1 N–H and O–H groups in total. The van der Waals surface area contributed by atoms with E-state index < -0.39 is 23.3 Å². The van der Waals surface area contributed by atoms with Crippen LogP contribution in [-0.4, -0.2) is 63.0 Å². The first-order valence-electron chi connectivity index (χ1n) is 15.2. The number of benzene rings is 2. The monoisotopic (exact) mass is 602 g/mol. The molecule has 0 saturated carbocycles. The normalized spacial score (nSPS) is 23.8. The standard InChI is InChI=1S/C34H33F3N4O3/c1-3-23-25(36)10-9-20-13-22(42)14-24(27(20)23)30-29(37)31-28-26(8-5-4-7-19(2)17-43-32(28)39-30)38-33(40-31)44-18-34-11-6-12-41(34)16-21(35)15-34/h1,9-10,13-14,19,21,42H,4-8,11-12,15-18H2,2H3/t19-,21?,34-/m0/s1. The Morgan fingerprint density at radius 2 is 2.02 bits per heavy atom. The van der Waals surface area contributed by atoms with Crippen LogP contribution in [0.4, 0.5) is 13.2 Å². The molecule has 0 aliphatic carbocycles. The van der Waals surface area contributed by atoms with Crippen LogP contribution < -0.4 is 9.47 Å². The van der Waals surface area contributed by atoms with Gasteiger partial charge in [-0.1, -0.05) is 25.3 Å².